The topological polar surface area (TPSA) is 15.3 Å². The molecule has 1 heterocycles. The van der Waals surface area contributed by atoms with E-state index in [4.69, 9.17) is 0 Å². The molecule has 2 rings (SSSR count). The van der Waals surface area contributed by atoms with Crippen LogP contribution in [0.3, 0.4) is 0 Å². The molecule has 1 saturated heterocycles. The van der Waals surface area contributed by atoms with Crippen LogP contribution in [0.15, 0.2) is 0 Å². The van der Waals surface area contributed by atoms with Crippen LogP contribution in [0.4, 0.5) is 0 Å². The van der Waals surface area contributed by atoms with Crippen molar-refractivity contribution >= 4 is 0 Å². The van der Waals surface area contributed by atoms with Crippen molar-refractivity contribution < 1.29 is 0 Å². The Hall–Kier alpha value is -0.0800. The molecule has 2 heteroatoms. The van der Waals surface area contributed by atoms with Crippen LogP contribution in [0.25, 0.3) is 0 Å². The van der Waals surface area contributed by atoms with E-state index >= 15 is 0 Å². The SMILES string of the molecule is CNC1CCC(C(C)C)CC1CN1CCC(C)CC1C. The molecule has 0 bridgehead atoms. The van der Waals surface area contributed by atoms with Gasteiger partial charge in [-0.3, -0.25) is 0 Å². The van der Waals surface area contributed by atoms with E-state index in [9.17, 15) is 0 Å². The molecular formula is C18H36N2. The number of rotatable bonds is 4. The number of piperidine rings is 1. The van der Waals surface area contributed by atoms with Crippen molar-refractivity contribution in [1.82, 2.24) is 10.2 Å². The van der Waals surface area contributed by atoms with Gasteiger partial charge in [-0.25, -0.2) is 0 Å². The fourth-order valence-corrected chi connectivity index (χ4v) is 4.52. The second kappa shape index (κ2) is 7.26. The van der Waals surface area contributed by atoms with Gasteiger partial charge >= 0.3 is 0 Å². The van der Waals surface area contributed by atoms with Crippen LogP contribution in [-0.2, 0) is 0 Å². The van der Waals surface area contributed by atoms with E-state index in [-0.39, 0.29) is 0 Å². The second-order valence-corrected chi connectivity index (χ2v) is 7.95. The minimum absolute atomic E-state index is 0.747. The molecule has 1 N–H and O–H groups in total. The van der Waals surface area contributed by atoms with Crippen LogP contribution in [0.1, 0.15) is 59.8 Å². The van der Waals surface area contributed by atoms with Gasteiger partial charge in [-0.2, -0.15) is 0 Å². The Kier molecular flexibility index (Phi) is 5.92. The van der Waals surface area contributed by atoms with Gasteiger partial charge in [0.1, 0.15) is 0 Å². The van der Waals surface area contributed by atoms with Crippen molar-refractivity contribution in [3.8, 4) is 0 Å². The lowest BCUT2D eigenvalue weighted by molar-refractivity contribution is 0.0720. The summed E-state index contributed by atoms with van der Waals surface area (Å²) in [4.78, 5) is 2.78. The Balaban J connectivity index is 1.93. The van der Waals surface area contributed by atoms with Crippen molar-refractivity contribution in [2.45, 2.75) is 71.9 Å². The highest BCUT2D eigenvalue weighted by atomic mass is 15.2. The van der Waals surface area contributed by atoms with Gasteiger partial charge in [0.2, 0.25) is 0 Å². The van der Waals surface area contributed by atoms with Gasteiger partial charge in [0.25, 0.3) is 0 Å². The van der Waals surface area contributed by atoms with Crippen molar-refractivity contribution in [3.05, 3.63) is 0 Å². The summed E-state index contributed by atoms with van der Waals surface area (Å²) in [7, 11) is 2.16. The minimum Gasteiger partial charge on any atom is -0.317 e. The van der Waals surface area contributed by atoms with Crippen molar-refractivity contribution in [2.24, 2.45) is 23.7 Å². The van der Waals surface area contributed by atoms with Crippen molar-refractivity contribution in [1.29, 1.82) is 0 Å². The lowest BCUT2D eigenvalue weighted by Gasteiger charge is -2.44. The largest absolute Gasteiger partial charge is 0.317 e. The average molecular weight is 280 g/mol. The Morgan fingerprint density at radius 3 is 2.45 bits per heavy atom. The highest BCUT2D eigenvalue weighted by Crippen LogP contribution is 2.35. The summed E-state index contributed by atoms with van der Waals surface area (Å²) in [6.07, 6.45) is 7.02. The van der Waals surface area contributed by atoms with E-state index in [0.29, 0.717) is 0 Å². The molecule has 2 fully saturated rings. The molecule has 0 radical (unpaired) electrons. The molecule has 118 valence electrons. The minimum atomic E-state index is 0.747. The van der Waals surface area contributed by atoms with Gasteiger partial charge < -0.3 is 10.2 Å². The monoisotopic (exact) mass is 280 g/mol. The lowest BCUT2D eigenvalue weighted by atomic mass is 9.73. The first-order valence-electron chi connectivity index (χ1n) is 8.92. The van der Waals surface area contributed by atoms with Crippen molar-refractivity contribution in [3.63, 3.8) is 0 Å². The first kappa shape index (κ1) is 16.3. The zero-order valence-electron chi connectivity index (χ0n) is 14.4. The lowest BCUT2D eigenvalue weighted by Crippen LogP contribution is -2.49. The van der Waals surface area contributed by atoms with Gasteiger partial charge in [-0.15, -0.1) is 0 Å². The Labute approximate surface area is 126 Å². The van der Waals surface area contributed by atoms with E-state index in [1.807, 2.05) is 0 Å². The van der Waals surface area contributed by atoms with E-state index in [1.54, 1.807) is 0 Å². The van der Waals surface area contributed by atoms with Crippen LogP contribution >= 0.6 is 0 Å². The molecule has 2 nitrogen and oxygen atoms in total. The van der Waals surface area contributed by atoms with E-state index in [1.165, 1.54) is 45.2 Å². The molecule has 0 aromatic heterocycles. The maximum atomic E-state index is 3.60. The van der Waals surface area contributed by atoms with Crippen LogP contribution in [0.2, 0.25) is 0 Å². The normalized spacial score (nSPS) is 40.2. The third-order valence-electron chi connectivity index (χ3n) is 6.08. The zero-order valence-corrected chi connectivity index (χ0v) is 14.4. The number of nitrogens with one attached hydrogen (secondary N) is 1. The van der Waals surface area contributed by atoms with Crippen LogP contribution in [-0.4, -0.2) is 37.1 Å². The molecule has 0 amide bonds. The Bertz CT molecular complexity index is 289. The van der Waals surface area contributed by atoms with Gasteiger partial charge in [-0.1, -0.05) is 20.8 Å². The van der Waals surface area contributed by atoms with Crippen LogP contribution in [0, 0.1) is 23.7 Å². The molecule has 1 aliphatic heterocycles. The standard InChI is InChI=1S/C18H36N2/c1-13(2)16-6-7-18(19-5)17(11-16)12-20-9-8-14(3)10-15(20)4/h13-19H,6-12H2,1-5H3. The molecule has 20 heavy (non-hydrogen) atoms. The summed E-state index contributed by atoms with van der Waals surface area (Å²) in [5, 5.41) is 3.60. The summed E-state index contributed by atoms with van der Waals surface area (Å²) in [6, 6.07) is 1.53. The fraction of sp³-hybridized carbons (Fsp3) is 1.00. The third kappa shape index (κ3) is 3.98. The molecule has 1 saturated carbocycles. The predicted octanol–water partition coefficient (Wildman–Crippen LogP) is 3.77. The Morgan fingerprint density at radius 1 is 1.10 bits per heavy atom. The molecule has 0 spiro atoms. The number of hydrogen-bond acceptors (Lipinski definition) is 2. The summed E-state index contributed by atoms with van der Waals surface area (Å²) in [6.45, 7) is 12.3. The number of likely N-dealkylation sites (tertiary alicyclic amines) is 1. The fourth-order valence-electron chi connectivity index (χ4n) is 4.52. The number of hydrogen-bond donors (Lipinski definition) is 1. The predicted molar refractivity (Wildman–Crippen MR) is 87.9 cm³/mol. The molecule has 0 aromatic carbocycles. The van der Waals surface area contributed by atoms with Crippen molar-refractivity contribution in [2.75, 3.05) is 20.1 Å². The summed E-state index contributed by atoms with van der Waals surface area (Å²) < 4.78 is 0. The molecule has 1 aliphatic carbocycles. The summed E-state index contributed by atoms with van der Waals surface area (Å²) in [5.74, 6) is 3.59. The van der Waals surface area contributed by atoms with Crippen LogP contribution in [0.5, 0.6) is 0 Å². The highest BCUT2D eigenvalue weighted by Gasteiger charge is 2.33. The zero-order chi connectivity index (χ0) is 14.7. The first-order chi connectivity index (χ1) is 9.51. The molecule has 2 aliphatic rings. The van der Waals surface area contributed by atoms with Crippen LogP contribution < -0.4 is 5.32 Å². The van der Waals surface area contributed by atoms with Gasteiger partial charge in [0.15, 0.2) is 0 Å². The van der Waals surface area contributed by atoms with E-state index in [2.05, 4.69) is 45.0 Å². The van der Waals surface area contributed by atoms with Gasteiger partial charge in [0, 0.05) is 18.6 Å². The number of nitrogens with zero attached hydrogens (tertiary/aromatic N) is 1. The van der Waals surface area contributed by atoms with E-state index in [0.717, 1.165) is 35.8 Å². The molecule has 0 aromatic rings. The molecule has 5 unspecified atom stereocenters. The van der Waals surface area contributed by atoms with E-state index < -0.39 is 0 Å². The summed E-state index contributed by atoms with van der Waals surface area (Å²) >= 11 is 0. The maximum absolute atomic E-state index is 3.60. The third-order valence-corrected chi connectivity index (χ3v) is 6.08. The quantitative estimate of drug-likeness (QED) is 0.843. The average Bonchev–Trinajstić information content (AvgIpc) is 2.41. The Morgan fingerprint density at radius 2 is 1.85 bits per heavy atom. The van der Waals surface area contributed by atoms with Gasteiger partial charge in [0.05, 0.1) is 0 Å². The first-order valence-corrected chi connectivity index (χ1v) is 8.92. The summed E-state index contributed by atoms with van der Waals surface area (Å²) in [5.41, 5.74) is 0. The smallest absolute Gasteiger partial charge is 0.0105 e. The highest BCUT2D eigenvalue weighted by molar-refractivity contribution is 4.89. The second-order valence-electron chi connectivity index (χ2n) is 7.95. The maximum Gasteiger partial charge on any atom is 0.0105 e. The molecular weight excluding hydrogens is 244 g/mol. The van der Waals surface area contributed by atoms with Gasteiger partial charge in [-0.05, 0) is 76.3 Å². The molecule has 5 atom stereocenters.